The summed E-state index contributed by atoms with van der Waals surface area (Å²) >= 11 is 0. The maximum absolute atomic E-state index is 5.57. The van der Waals surface area contributed by atoms with E-state index in [1.807, 2.05) is 6.92 Å². The quantitative estimate of drug-likeness (QED) is 0.762. The van der Waals surface area contributed by atoms with Crippen LogP contribution in [-0.4, -0.2) is 6.61 Å². The fraction of sp³-hybridized carbons (Fsp3) is 0.400. The van der Waals surface area contributed by atoms with Crippen LogP contribution in [-0.2, 0) is 17.9 Å². The molecule has 0 heterocycles. The Morgan fingerprint density at radius 2 is 1.55 bits per heavy atom. The summed E-state index contributed by atoms with van der Waals surface area (Å²) in [5.41, 5.74) is 3.93. The number of hydrogen-bond donors (Lipinski definition) is 1. The van der Waals surface area contributed by atoms with E-state index in [1.54, 1.807) is 0 Å². The van der Waals surface area contributed by atoms with Crippen molar-refractivity contribution in [3.8, 4) is 0 Å². The van der Waals surface area contributed by atoms with Crippen LogP contribution in [0.3, 0.4) is 0 Å². The van der Waals surface area contributed by atoms with Crippen molar-refractivity contribution in [2.75, 3.05) is 6.61 Å². The Labute approximate surface area is 134 Å². The largest absolute Gasteiger partial charge is 0.377 e. The summed E-state index contributed by atoms with van der Waals surface area (Å²) in [5.74, 6) is 0.543. The van der Waals surface area contributed by atoms with Crippen LogP contribution >= 0.6 is 0 Å². The maximum atomic E-state index is 5.57. The second kappa shape index (κ2) is 8.72. The number of nitrogens with one attached hydrogen (secondary N) is 1. The van der Waals surface area contributed by atoms with E-state index in [0.29, 0.717) is 18.6 Å². The fourth-order valence-electron chi connectivity index (χ4n) is 2.70. The average Bonchev–Trinajstić information content (AvgIpc) is 2.55. The van der Waals surface area contributed by atoms with Gasteiger partial charge in [-0.1, -0.05) is 68.4 Å². The maximum Gasteiger partial charge on any atom is 0.0719 e. The Kier molecular flexibility index (Phi) is 6.63. The van der Waals surface area contributed by atoms with Crippen molar-refractivity contribution in [3.63, 3.8) is 0 Å². The van der Waals surface area contributed by atoms with Crippen LogP contribution < -0.4 is 5.32 Å². The lowest BCUT2D eigenvalue weighted by Crippen LogP contribution is -2.25. The van der Waals surface area contributed by atoms with Crippen LogP contribution in [0.1, 0.15) is 43.5 Å². The molecule has 0 saturated carbocycles. The molecule has 2 heteroatoms. The zero-order valence-electron chi connectivity index (χ0n) is 13.9. The molecular weight excluding hydrogens is 270 g/mol. The minimum atomic E-state index is 0.362. The summed E-state index contributed by atoms with van der Waals surface area (Å²) in [4.78, 5) is 0. The predicted octanol–water partition coefficient (Wildman–Crippen LogP) is 4.71. The first-order chi connectivity index (χ1) is 10.7. The van der Waals surface area contributed by atoms with E-state index in [0.717, 1.165) is 13.2 Å². The summed E-state index contributed by atoms with van der Waals surface area (Å²) < 4.78 is 5.57. The number of ether oxygens (including phenoxy) is 1. The first-order valence-corrected chi connectivity index (χ1v) is 8.15. The molecule has 2 aromatic rings. The lowest BCUT2D eigenvalue weighted by molar-refractivity contribution is 0.133. The van der Waals surface area contributed by atoms with Gasteiger partial charge in [-0.3, -0.25) is 0 Å². The Morgan fingerprint density at radius 3 is 2.18 bits per heavy atom. The fourth-order valence-corrected chi connectivity index (χ4v) is 2.70. The van der Waals surface area contributed by atoms with Crippen LogP contribution in [0.2, 0.25) is 0 Å². The van der Waals surface area contributed by atoms with Crippen LogP contribution in [0.5, 0.6) is 0 Å². The van der Waals surface area contributed by atoms with E-state index >= 15 is 0 Å². The van der Waals surface area contributed by atoms with E-state index in [1.165, 1.54) is 16.7 Å². The van der Waals surface area contributed by atoms with E-state index in [2.05, 4.69) is 73.8 Å². The molecule has 0 aliphatic heterocycles. The third kappa shape index (κ3) is 4.69. The highest BCUT2D eigenvalue weighted by Gasteiger charge is 2.15. The van der Waals surface area contributed by atoms with Crippen molar-refractivity contribution in [1.82, 2.24) is 5.32 Å². The van der Waals surface area contributed by atoms with Gasteiger partial charge in [-0.2, -0.15) is 0 Å². The molecule has 0 amide bonds. The van der Waals surface area contributed by atoms with Crippen molar-refractivity contribution in [1.29, 1.82) is 0 Å². The molecule has 1 unspecified atom stereocenters. The van der Waals surface area contributed by atoms with Gasteiger partial charge in [0.05, 0.1) is 6.61 Å². The summed E-state index contributed by atoms with van der Waals surface area (Å²) in [7, 11) is 0. The van der Waals surface area contributed by atoms with Gasteiger partial charge in [-0.15, -0.1) is 0 Å². The number of rotatable bonds is 8. The zero-order valence-corrected chi connectivity index (χ0v) is 13.9. The summed E-state index contributed by atoms with van der Waals surface area (Å²) in [6, 6.07) is 19.6. The Balaban J connectivity index is 2.07. The minimum Gasteiger partial charge on any atom is -0.377 e. The topological polar surface area (TPSA) is 21.3 Å². The van der Waals surface area contributed by atoms with Crippen molar-refractivity contribution in [2.45, 2.75) is 40.0 Å². The summed E-state index contributed by atoms with van der Waals surface area (Å²) in [6.07, 6.45) is 0. The second-order valence-electron chi connectivity index (χ2n) is 5.92. The first kappa shape index (κ1) is 16.7. The van der Waals surface area contributed by atoms with Crippen LogP contribution in [0.25, 0.3) is 0 Å². The molecule has 118 valence electrons. The van der Waals surface area contributed by atoms with Gasteiger partial charge in [0.1, 0.15) is 0 Å². The molecule has 1 N–H and O–H groups in total. The first-order valence-electron chi connectivity index (χ1n) is 8.15. The lowest BCUT2D eigenvalue weighted by atomic mass is 9.95. The van der Waals surface area contributed by atoms with Crippen molar-refractivity contribution in [3.05, 3.63) is 71.3 Å². The number of benzene rings is 2. The molecule has 0 aromatic heterocycles. The molecule has 1 atom stereocenters. The molecule has 0 saturated heterocycles. The predicted molar refractivity (Wildman–Crippen MR) is 92.6 cm³/mol. The van der Waals surface area contributed by atoms with Gasteiger partial charge in [0, 0.05) is 19.2 Å². The second-order valence-corrected chi connectivity index (χ2v) is 5.92. The van der Waals surface area contributed by atoms with E-state index in [-0.39, 0.29) is 0 Å². The normalized spacial score (nSPS) is 12.5. The summed E-state index contributed by atoms with van der Waals surface area (Å²) in [6.45, 7) is 8.85. The van der Waals surface area contributed by atoms with Gasteiger partial charge in [-0.05, 0) is 29.5 Å². The van der Waals surface area contributed by atoms with Crippen LogP contribution in [0, 0.1) is 5.92 Å². The monoisotopic (exact) mass is 297 g/mol. The summed E-state index contributed by atoms with van der Waals surface area (Å²) in [5, 5.41) is 3.71. The molecule has 0 aliphatic rings. The van der Waals surface area contributed by atoms with E-state index in [9.17, 15) is 0 Å². The van der Waals surface area contributed by atoms with Gasteiger partial charge in [0.2, 0.25) is 0 Å². The zero-order chi connectivity index (χ0) is 15.8. The molecule has 0 spiro atoms. The Bertz CT molecular complexity index is 551. The van der Waals surface area contributed by atoms with Gasteiger partial charge in [0.25, 0.3) is 0 Å². The third-order valence-electron chi connectivity index (χ3n) is 3.92. The molecule has 0 aliphatic carbocycles. The molecule has 2 rings (SSSR count). The Hall–Kier alpha value is -1.64. The van der Waals surface area contributed by atoms with E-state index in [4.69, 9.17) is 4.74 Å². The van der Waals surface area contributed by atoms with E-state index < -0.39 is 0 Å². The molecule has 2 nitrogen and oxygen atoms in total. The highest BCUT2D eigenvalue weighted by molar-refractivity contribution is 5.27. The van der Waals surface area contributed by atoms with Gasteiger partial charge < -0.3 is 10.1 Å². The van der Waals surface area contributed by atoms with Crippen molar-refractivity contribution >= 4 is 0 Å². The molecule has 0 bridgehead atoms. The molecule has 22 heavy (non-hydrogen) atoms. The minimum absolute atomic E-state index is 0.362. The van der Waals surface area contributed by atoms with Crippen LogP contribution in [0.4, 0.5) is 0 Å². The highest BCUT2D eigenvalue weighted by Crippen LogP contribution is 2.22. The third-order valence-corrected chi connectivity index (χ3v) is 3.92. The Morgan fingerprint density at radius 1 is 0.909 bits per heavy atom. The molecule has 0 fully saturated rings. The molecule has 0 radical (unpaired) electrons. The lowest BCUT2D eigenvalue weighted by Gasteiger charge is -2.24. The average molecular weight is 297 g/mol. The van der Waals surface area contributed by atoms with Crippen molar-refractivity contribution in [2.24, 2.45) is 5.92 Å². The van der Waals surface area contributed by atoms with Gasteiger partial charge in [0.15, 0.2) is 0 Å². The van der Waals surface area contributed by atoms with Gasteiger partial charge in [-0.25, -0.2) is 0 Å². The number of hydrogen-bond acceptors (Lipinski definition) is 2. The molecular formula is C20H27NO. The van der Waals surface area contributed by atoms with Gasteiger partial charge >= 0.3 is 0 Å². The molecule has 2 aromatic carbocycles. The van der Waals surface area contributed by atoms with Crippen molar-refractivity contribution < 1.29 is 4.74 Å². The highest BCUT2D eigenvalue weighted by atomic mass is 16.5. The van der Waals surface area contributed by atoms with Crippen LogP contribution in [0.15, 0.2) is 54.6 Å². The smallest absolute Gasteiger partial charge is 0.0719 e. The SMILES string of the molecule is CCOCc1ccccc1CNC(c1ccccc1)C(C)C. The standard InChI is InChI=1S/C20H27NO/c1-4-22-15-19-13-9-8-12-18(19)14-21-20(16(2)3)17-10-6-5-7-11-17/h5-13,16,20-21H,4,14-15H2,1-3H3.